The van der Waals surface area contributed by atoms with E-state index >= 15 is 0 Å². The van der Waals surface area contributed by atoms with E-state index in [1.807, 2.05) is 31.2 Å². The normalized spacial score (nSPS) is 13.4. The Morgan fingerprint density at radius 3 is 2.49 bits per heavy atom. The van der Waals surface area contributed by atoms with Crippen molar-refractivity contribution >= 4 is 27.5 Å². The molecule has 3 rings (SSSR count). The van der Waals surface area contributed by atoms with Crippen LogP contribution in [-0.4, -0.2) is 71.3 Å². The third-order valence-corrected chi connectivity index (χ3v) is 7.28. The zero-order chi connectivity index (χ0) is 27.0. The molecule has 37 heavy (non-hydrogen) atoms. The minimum Gasteiger partial charge on any atom is -0.497 e. The smallest absolute Gasteiger partial charge is 0.242 e. The Morgan fingerprint density at radius 2 is 1.84 bits per heavy atom. The van der Waals surface area contributed by atoms with Gasteiger partial charge in [-0.2, -0.15) is 0 Å². The molecule has 1 N–H and O–H groups in total. The van der Waals surface area contributed by atoms with Gasteiger partial charge in [-0.15, -0.1) is 0 Å². The minimum absolute atomic E-state index is 0.0635. The van der Waals surface area contributed by atoms with E-state index in [0.29, 0.717) is 42.6 Å². The number of rotatable bonds is 12. The van der Waals surface area contributed by atoms with Crippen LogP contribution in [0.2, 0.25) is 0 Å². The van der Waals surface area contributed by atoms with Crippen molar-refractivity contribution in [1.82, 2.24) is 10.2 Å². The zero-order valence-corrected chi connectivity index (χ0v) is 22.5. The fourth-order valence-corrected chi connectivity index (χ4v) is 5.20. The summed E-state index contributed by atoms with van der Waals surface area (Å²) in [5.74, 6) is 1.20. The van der Waals surface area contributed by atoms with Gasteiger partial charge in [-0.3, -0.25) is 13.9 Å². The van der Waals surface area contributed by atoms with Crippen molar-refractivity contribution in [2.75, 3.05) is 44.5 Å². The number of methoxy groups -OCH3 is 1. The quantitative estimate of drug-likeness (QED) is 0.446. The first-order chi connectivity index (χ1) is 17.7. The second-order valence-electron chi connectivity index (χ2n) is 8.68. The lowest BCUT2D eigenvalue weighted by molar-refractivity contribution is -0.141. The fraction of sp³-hybridized carbons (Fsp3) is 0.462. The number of hydrogen-bond acceptors (Lipinski definition) is 7. The van der Waals surface area contributed by atoms with Gasteiger partial charge in [-0.1, -0.05) is 19.1 Å². The minimum atomic E-state index is -3.62. The first-order valence-electron chi connectivity index (χ1n) is 12.2. The highest BCUT2D eigenvalue weighted by Gasteiger charge is 2.28. The standard InChI is InChI=1S/C26H35N3O7S/c1-5-22(26(31)27-2)28(18-19-8-6-9-21(16-19)34-3)25(30)10-7-13-29(37(4,32)33)20-11-12-23-24(17-20)36-15-14-35-23/h6,8-9,11-12,16-17,22H,5,7,10,13-15,18H2,1-4H3,(H,27,31). The first kappa shape index (κ1) is 28.1. The van der Waals surface area contributed by atoms with Crippen LogP contribution in [0.4, 0.5) is 5.69 Å². The summed E-state index contributed by atoms with van der Waals surface area (Å²) >= 11 is 0. The topological polar surface area (TPSA) is 114 Å². The summed E-state index contributed by atoms with van der Waals surface area (Å²) in [7, 11) is -0.519. The highest BCUT2D eigenvalue weighted by Crippen LogP contribution is 2.34. The van der Waals surface area contributed by atoms with Crippen LogP contribution >= 0.6 is 0 Å². The molecule has 1 atom stereocenters. The number of nitrogens with one attached hydrogen (secondary N) is 1. The van der Waals surface area contributed by atoms with E-state index < -0.39 is 16.1 Å². The maximum atomic E-state index is 13.4. The van der Waals surface area contributed by atoms with E-state index in [-0.39, 0.29) is 37.7 Å². The Morgan fingerprint density at radius 1 is 1.11 bits per heavy atom. The Labute approximate surface area is 218 Å². The van der Waals surface area contributed by atoms with Gasteiger partial charge in [0, 0.05) is 32.6 Å². The second kappa shape index (κ2) is 12.7. The number of amides is 2. The third-order valence-electron chi connectivity index (χ3n) is 6.09. The van der Waals surface area contributed by atoms with E-state index in [9.17, 15) is 18.0 Å². The Kier molecular flexibility index (Phi) is 9.62. The van der Waals surface area contributed by atoms with E-state index in [4.69, 9.17) is 14.2 Å². The molecule has 0 spiro atoms. The van der Waals surface area contributed by atoms with Gasteiger partial charge in [0.2, 0.25) is 21.8 Å². The van der Waals surface area contributed by atoms with Gasteiger partial charge in [0.1, 0.15) is 25.0 Å². The second-order valence-corrected chi connectivity index (χ2v) is 10.6. The van der Waals surface area contributed by atoms with Gasteiger partial charge in [-0.25, -0.2) is 8.42 Å². The highest BCUT2D eigenvalue weighted by atomic mass is 32.2. The zero-order valence-electron chi connectivity index (χ0n) is 21.7. The number of nitrogens with zero attached hydrogens (tertiary/aromatic N) is 2. The number of anilines is 1. The van der Waals surface area contributed by atoms with Crippen LogP contribution in [0.25, 0.3) is 0 Å². The SMILES string of the molecule is CCC(C(=O)NC)N(Cc1cccc(OC)c1)C(=O)CCCN(c1ccc2c(c1)OCCO2)S(C)(=O)=O. The van der Waals surface area contributed by atoms with Crippen LogP contribution in [0.3, 0.4) is 0 Å². The van der Waals surface area contributed by atoms with E-state index in [1.165, 1.54) is 11.4 Å². The van der Waals surface area contributed by atoms with Gasteiger partial charge in [0.25, 0.3) is 0 Å². The molecule has 2 amide bonds. The summed E-state index contributed by atoms with van der Waals surface area (Å²) in [5.41, 5.74) is 1.26. The molecule has 0 fully saturated rings. The molecular formula is C26H35N3O7S. The summed E-state index contributed by atoms with van der Waals surface area (Å²) in [4.78, 5) is 27.5. The van der Waals surface area contributed by atoms with Crippen LogP contribution in [0.1, 0.15) is 31.7 Å². The molecule has 11 heteroatoms. The largest absolute Gasteiger partial charge is 0.497 e. The average Bonchev–Trinajstić information content (AvgIpc) is 2.89. The average molecular weight is 534 g/mol. The summed E-state index contributed by atoms with van der Waals surface area (Å²) < 4.78 is 42.8. The van der Waals surface area contributed by atoms with Crippen molar-refractivity contribution in [3.63, 3.8) is 0 Å². The summed E-state index contributed by atoms with van der Waals surface area (Å²) in [6, 6.07) is 11.6. The van der Waals surface area contributed by atoms with Crippen LogP contribution < -0.4 is 23.8 Å². The number of sulfonamides is 1. The molecule has 1 aliphatic rings. The lowest BCUT2D eigenvalue weighted by atomic mass is 10.1. The number of carbonyl (C=O) groups excluding carboxylic acids is 2. The van der Waals surface area contributed by atoms with Gasteiger partial charge in [-0.05, 0) is 42.7 Å². The van der Waals surface area contributed by atoms with Crippen molar-refractivity contribution in [2.24, 2.45) is 0 Å². The Hall–Kier alpha value is -3.47. The monoisotopic (exact) mass is 533 g/mol. The molecule has 1 unspecified atom stereocenters. The van der Waals surface area contributed by atoms with E-state index in [1.54, 1.807) is 30.2 Å². The van der Waals surface area contributed by atoms with Gasteiger partial charge >= 0.3 is 0 Å². The number of benzene rings is 2. The van der Waals surface area contributed by atoms with Crippen molar-refractivity contribution in [1.29, 1.82) is 0 Å². The molecule has 1 heterocycles. The molecule has 0 radical (unpaired) electrons. The molecule has 10 nitrogen and oxygen atoms in total. The number of ether oxygens (including phenoxy) is 3. The predicted molar refractivity (Wildman–Crippen MR) is 141 cm³/mol. The maximum Gasteiger partial charge on any atom is 0.242 e. The number of carbonyl (C=O) groups is 2. The maximum absolute atomic E-state index is 13.4. The fourth-order valence-electron chi connectivity index (χ4n) is 4.24. The molecule has 2 aromatic rings. The van der Waals surface area contributed by atoms with Crippen molar-refractivity contribution in [2.45, 2.75) is 38.8 Å². The highest BCUT2D eigenvalue weighted by molar-refractivity contribution is 7.92. The van der Waals surface area contributed by atoms with Crippen LogP contribution in [0, 0.1) is 0 Å². The lowest BCUT2D eigenvalue weighted by Crippen LogP contribution is -2.48. The molecule has 1 aliphatic heterocycles. The van der Waals surface area contributed by atoms with Gasteiger partial charge < -0.3 is 24.4 Å². The molecule has 0 saturated carbocycles. The Bertz CT molecular complexity index is 1200. The molecule has 0 saturated heterocycles. The van der Waals surface area contributed by atoms with Gasteiger partial charge in [0.05, 0.1) is 19.1 Å². The summed E-state index contributed by atoms with van der Waals surface area (Å²) in [6.45, 7) is 2.98. The summed E-state index contributed by atoms with van der Waals surface area (Å²) in [6.07, 6.45) is 1.88. The predicted octanol–water partition coefficient (Wildman–Crippen LogP) is 2.57. The van der Waals surface area contributed by atoms with Crippen LogP contribution in [0.15, 0.2) is 42.5 Å². The molecule has 0 bridgehead atoms. The Balaban J connectivity index is 1.76. The molecular weight excluding hydrogens is 498 g/mol. The molecule has 2 aromatic carbocycles. The third kappa shape index (κ3) is 7.28. The number of fused-ring (bicyclic) bond motifs is 1. The van der Waals surface area contributed by atoms with Crippen molar-refractivity contribution in [3.05, 3.63) is 48.0 Å². The molecule has 0 aromatic heterocycles. The van der Waals surface area contributed by atoms with Crippen molar-refractivity contribution in [3.8, 4) is 17.2 Å². The van der Waals surface area contributed by atoms with Gasteiger partial charge in [0.15, 0.2) is 11.5 Å². The lowest BCUT2D eigenvalue weighted by Gasteiger charge is -2.31. The van der Waals surface area contributed by atoms with E-state index in [2.05, 4.69) is 5.32 Å². The van der Waals surface area contributed by atoms with E-state index in [0.717, 1.165) is 11.8 Å². The van der Waals surface area contributed by atoms with Crippen molar-refractivity contribution < 1.29 is 32.2 Å². The number of likely N-dealkylation sites (N-methyl/N-ethyl adjacent to an activating group) is 1. The number of hydrogen-bond donors (Lipinski definition) is 1. The molecule has 202 valence electrons. The summed E-state index contributed by atoms with van der Waals surface area (Å²) in [5, 5.41) is 2.63. The molecule has 0 aliphatic carbocycles. The van der Waals surface area contributed by atoms with Crippen LogP contribution in [0.5, 0.6) is 17.2 Å². The first-order valence-corrected chi connectivity index (χ1v) is 14.0. The van der Waals surface area contributed by atoms with Crippen LogP contribution in [-0.2, 0) is 26.2 Å².